The zero-order chi connectivity index (χ0) is 7.07. The van der Waals surface area contributed by atoms with Crippen LogP contribution in [0.4, 0.5) is 8.78 Å². The topological polar surface area (TPSA) is 0 Å². The highest BCUT2D eigenvalue weighted by molar-refractivity contribution is 4.98. The first-order valence-corrected chi connectivity index (χ1v) is 3.38. The Morgan fingerprint density at radius 1 is 1.67 bits per heavy atom. The van der Waals surface area contributed by atoms with E-state index in [1.54, 1.807) is 0 Å². The molecular formula is C7H12F2. The number of rotatable bonds is 2. The molecule has 54 valence electrons. The van der Waals surface area contributed by atoms with Crippen molar-refractivity contribution in [2.45, 2.75) is 33.1 Å². The van der Waals surface area contributed by atoms with Crippen LogP contribution in [0.1, 0.15) is 26.7 Å². The molecule has 2 atom stereocenters. The molecule has 0 amide bonds. The van der Waals surface area contributed by atoms with E-state index in [2.05, 4.69) is 0 Å². The van der Waals surface area contributed by atoms with Gasteiger partial charge in [0.15, 0.2) is 0 Å². The average Bonchev–Trinajstić information content (AvgIpc) is 2.44. The monoisotopic (exact) mass is 134 g/mol. The summed E-state index contributed by atoms with van der Waals surface area (Å²) >= 11 is 0. The van der Waals surface area contributed by atoms with Gasteiger partial charge in [-0.15, -0.1) is 0 Å². The predicted molar refractivity (Wildman–Crippen MR) is 32.5 cm³/mol. The molecule has 9 heavy (non-hydrogen) atoms. The zero-order valence-corrected chi connectivity index (χ0v) is 5.82. The third-order valence-electron chi connectivity index (χ3n) is 2.53. The van der Waals surface area contributed by atoms with Gasteiger partial charge in [0.2, 0.25) is 6.43 Å². The van der Waals surface area contributed by atoms with Crippen molar-refractivity contribution in [3.05, 3.63) is 0 Å². The third-order valence-corrected chi connectivity index (χ3v) is 2.53. The molecule has 0 bridgehead atoms. The predicted octanol–water partition coefficient (Wildman–Crippen LogP) is 2.69. The van der Waals surface area contributed by atoms with Crippen LogP contribution in [0, 0.1) is 11.3 Å². The Hall–Kier alpha value is -0.140. The van der Waals surface area contributed by atoms with Gasteiger partial charge in [-0.1, -0.05) is 20.3 Å². The third kappa shape index (κ3) is 1.07. The fourth-order valence-electron chi connectivity index (χ4n) is 1.24. The summed E-state index contributed by atoms with van der Waals surface area (Å²) in [4.78, 5) is 0. The van der Waals surface area contributed by atoms with Gasteiger partial charge in [0.25, 0.3) is 0 Å². The Bertz CT molecular complexity index is 111. The van der Waals surface area contributed by atoms with Crippen LogP contribution in [0.25, 0.3) is 0 Å². The van der Waals surface area contributed by atoms with Gasteiger partial charge in [-0.05, 0) is 11.8 Å². The minimum Gasteiger partial charge on any atom is -0.210 e. The maximum absolute atomic E-state index is 11.9. The second-order valence-electron chi connectivity index (χ2n) is 3.15. The van der Waals surface area contributed by atoms with Crippen molar-refractivity contribution in [3.63, 3.8) is 0 Å². The first-order chi connectivity index (χ1) is 4.10. The Morgan fingerprint density at radius 3 is 2.33 bits per heavy atom. The molecule has 0 N–H and O–H groups in total. The summed E-state index contributed by atoms with van der Waals surface area (Å²) in [7, 11) is 0. The van der Waals surface area contributed by atoms with Gasteiger partial charge in [0.05, 0.1) is 0 Å². The van der Waals surface area contributed by atoms with E-state index in [1.807, 2.05) is 13.8 Å². The second-order valence-corrected chi connectivity index (χ2v) is 3.15. The first kappa shape index (κ1) is 6.97. The molecule has 0 spiro atoms. The minimum absolute atomic E-state index is 0.0197. The molecule has 2 unspecified atom stereocenters. The minimum atomic E-state index is -2.09. The summed E-state index contributed by atoms with van der Waals surface area (Å²) in [5.41, 5.74) is -0.0197. The molecule has 0 heterocycles. The van der Waals surface area contributed by atoms with Crippen LogP contribution < -0.4 is 0 Å². The smallest absolute Gasteiger partial charge is 0.210 e. The van der Waals surface area contributed by atoms with Crippen LogP contribution in [0.5, 0.6) is 0 Å². The molecule has 1 aliphatic rings. The average molecular weight is 134 g/mol. The summed E-state index contributed by atoms with van der Waals surface area (Å²) in [6.07, 6.45) is -0.474. The van der Waals surface area contributed by atoms with Gasteiger partial charge in [0.1, 0.15) is 0 Å². The highest BCUT2D eigenvalue weighted by Crippen LogP contribution is 2.57. The van der Waals surface area contributed by atoms with Crippen molar-refractivity contribution in [3.8, 4) is 0 Å². The van der Waals surface area contributed by atoms with E-state index in [1.165, 1.54) is 0 Å². The van der Waals surface area contributed by atoms with Crippen molar-refractivity contribution in [1.29, 1.82) is 0 Å². The van der Waals surface area contributed by atoms with E-state index in [0.717, 1.165) is 12.8 Å². The fraction of sp³-hybridized carbons (Fsp3) is 1.00. The van der Waals surface area contributed by atoms with E-state index in [9.17, 15) is 8.78 Å². The van der Waals surface area contributed by atoms with E-state index >= 15 is 0 Å². The number of alkyl halides is 2. The molecule has 1 rings (SSSR count). The molecule has 0 aromatic rings. The molecule has 0 saturated heterocycles. The molecule has 0 nitrogen and oxygen atoms in total. The van der Waals surface area contributed by atoms with Gasteiger partial charge < -0.3 is 0 Å². The maximum Gasteiger partial charge on any atom is 0.241 e. The highest BCUT2D eigenvalue weighted by Gasteiger charge is 2.53. The van der Waals surface area contributed by atoms with Gasteiger partial charge in [-0.3, -0.25) is 0 Å². The zero-order valence-electron chi connectivity index (χ0n) is 5.82. The Labute approximate surface area is 54.3 Å². The van der Waals surface area contributed by atoms with Crippen LogP contribution >= 0.6 is 0 Å². The summed E-state index contributed by atoms with van der Waals surface area (Å²) in [6, 6.07) is 0. The quantitative estimate of drug-likeness (QED) is 0.544. The van der Waals surface area contributed by atoms with Crippen molar-refractivity contribution >= 4 is 0 Å². The van der Waals surface area contributed by atoms with Gasteiger partial charge in [-0.25, -0.2) is 8.78 Å². The van der Waals surface area contributed by atoms with Crippen molar-refractivity contribution in [2.75, 3.05) is 0 Å². The lowest BCUT2D eigenvalue weighted by molar-refractivity contribution is 0.105. The van der Waals surface area contributed by atoms with Gasteiger partial charge in [0, 0.05) is 5.92 Å². The molecule has 2 heteroatoms. The standard InChI is InChI=1S/C7H12F2/c1-3-7(2)4-5(7)6(8)9/h5-6H,3-4H2,1-2H3. The van der Waals surface area contributed by atoms with Crippen LogP contribution in [0.15, 0.2) is 0 Å². The molecule has 1 aliphatic carbocycles. The lowest BCUT2D eigenvalue weighted by Gasteiger charge is -2.04. The van der Waals surface area contributed by atoms with Crippen molar-refractivity contribution in [2.24, 2.45) is 11.3 Å². The van der Waals surface area contributed by atoms with E-state index in [4.69, 9.17) is 0 Å². The summed E-state index contributed by atoms with van der Waals surface area (Å²) in [5.74, 6) is -0.303. The Balaban J connectivity index is 2.38. The molecular weight excluding hydrogens is 122 g/mol. The second kappa shape index (κ2) is 1.93. The summed E-state index contributed by atoms with van der Waals surface area (Å²) in [6.45, 7) is 3.91. The number of halogens is 2. The molecule has 0 aliphatic heterocycles. The molecule has 0 aromatic carbocycles. The van der Waals surface area contributed by atoms with E-state index in [-0.39, 0.29) is 11.3 Å². The van der Waals surface area contributed by atoms with E-state index in [0.29, 0.717) is 0 Å². The Kier molecular flexibility index (Phi) is 1.49. The number of hydrogen-bond donors (Lipinski definition) is 0. The molecule has 0 aromatic heterocycles. The Morgan fingerprint density at radius 2 is 2.22 bits per heavy atom. The van der Waals surface area contributed by atoms with Crippen LogP contribution in [-0.4, -0.2) is 6.43 Å². The fourth-order valence-corrected chi connectivity index (χ4v) is 1.24. The van der Waals surface area contributed by atoms with Gasteiger partial charge >= 0.3 is 0 Å². The van der Waals surface area contributed by atoms with Crippen LogP contribution in [0.2, 0.25) is 0 Å². The molecule has 1 fully saturated rings. The lowest BCUT2D eigenvalue weighted by Crippen LogP contribution is -2.02. The number of hydrogen-bond acceptors (Lipinski definition) is 0. The van der Waals surface area contributed by atoms with E-state index < -0.39 is 6.43 Å². The highest BCUT2D eigenvalue weighted by atomic mass is 19.3. The van der Waals surface area contributed by atoms with Crippen molar-refractivity contribution < 1.29 is 8.78 Å². The van der Waals surface area contributed by atoms with Crippen LogP contribution in [0.3, 0.4) is 0 Å². The first-order valence-electron chi connectivity index (χ1n) is 3.38. The SMILES string of the molecule is CCC1(C)CC1C(F)F. The summed E-state index contributed by atoms with van der Waals surface area (Å²) < 4.78 is 23.8. The van der Waals surface area contributed by atoms with Crippen molar-refractivity contribution in [1.82, 2.24) is 0 Å². The lowest BCUT2D eigenvalue weighted by atomic mass is 10.0. The molecule has 1 saturated carbocycles. The van der Waals surface area contributed by atoms with Crippen LogP contribution in [-0.2, 0) is 0 Å². The summed E-state index contributed by atoms with van der Waals surface area (Å²) in [5, 5.41) is 0. The molecule has 0 radical (unpaired) electrons. The normalized spacial score (nSPS) is 41.7. The maximum atomic E-state index is 11.9. The van der Waals surface area contributed by atoms with Gasteiger partial charge in [-0.2, -0.15) is 0 Å². The largest absolute Gasteiger partial charge is 0.241 e.